The highest BCUT2D eigenvalue weighted by molar-refractivity contribution is 5.87. The predicted octanol–water partition coefficient (Wildman–Crippen LogP) is 0.621. The maximum atomic E-state index is 11.2. The Hall–Kier alpha value is -1.91. The van der Waals surface area contributed by atoms with Gasteiger partial charge in [-0.25, -0.2) is 0 Å². The van der Waals surface area contributed by atoms with E-state index in [4.69, 9.17) is 4.74 Å². The summed E-state index contributed by atoms with van der Waals surface area (Å²) in [7, 11) is 2.78. The molecule has 1 heterocycles. The van der Waals surface area contributed by atoms with Crippen LogP contribution >= 0.6 is 0 Å². The third-order valence-electron chi connectivity index (χ3n) is 2.13. The quantitative estimate of drug-likeness (QED) is 0.416. The number of rotatable bonds is 5. The maximum Gasteiger partial charge on any atom is 0.316 e. The summed E-state index contributed by atoms with van der Waals surface area (Å²) in [5.41, 5.74) is 0.752. The van der Waals surface area contributed by atoms with E-state index in [0.717, 1.165) is 5.56 Å². The van der Waals surface area contributed by atoms with Crippen LogP contribution < -0.4 is 4.74 Å². The van der Waals surface area contributed by atoms with Gasteiger partial charge >= 0.3 is 5.97 Å². The smallest absolute Gasteiger partial charge is 0.316 e. The fourth-order valence-corrected chi connectivity index (χ4v) is 1.28. The van der Waals surface area contributed by atoms with Gasteiger partial charge in [0.15, 0.2) is 0 Å². The van der Waals surface area contributed by atoms with Gasteiger partial charge in [-0.15, -0.1) is 0 Å². The molecule has 0 spiro atoms. The van der Waals surface area contributed by atoms with E-state index in [0.29, 0.717) is 12.0 Å². The molecule has 0 fully saturated rings. The fourth-order valence-electron chi connectivity index (χ4n) is 1.28. The molecular formula is C11H13NO4. The Labute approximate surface area is 93.4 Å². The number of aldehydes is 1. The SMILES string of the molecule is COC(=O)C(C=O)Cc1cncc(OC)c1. The molecule has 1 rings (SSSR count). The van der Waals surface area contributed by atoms with Crippen molar-refractivity contribution in [3.63, 3.8) is 0 Å². The van der Waals surface area contributed by atoms with Gasteiger partial charge in [0.2, 0.25) is 0 Å². The van der Waals surface area contributed by atoms with E-state index in [9.17, 15) is 9.59 Å². The van der Waals surface area contributed by atoms with Crippen LogP contribution in [0, 0.1) is 5.92 Å². The van der Waals surface area contributed by atoms with E-state index in [1.807, 2.05) is 0 Å². The molecule has 0 saturated heterocycles. The van der Waals surface area contributed by atoms with Crippen LogP contribution in [0.3, 0.4) is 0 Å². The first-order chi connectivity index (χ1) is 7.71. The molecule has 1 aromatic heterocycles. The Balaban J connectivity index is 2.77. The van der Waals surface area contributed by atoms with E-state index >= 15 is 0 Å². The summed E-state index contributed by atoms with van der Waals surface area (Å²) in [5, 5.41) is 0. The lowest BCUT2D eigenvalue weighted by molar-refractivity contribution is -0.146. The van der Waals surface area contributed by atoms with Crippen molar-refractivity contribution >= 4 is 12.3 Å². The summed E-state index contributed by atoms with van der Waals surface area (Å²) in [6, 6.07) is 1.73. The van der Waals surface area contributed by atoms with Gasteiger partial charge in [0.25, 0.3) is 0 Å². The van der Waals surface area contributed by atoms with E-state index in [2.05, 4.69) is 9.72 Å². The molecule has 1 unspecified atom stereocenters. The van der Waals surface area contributed by atoms with Crippen LogP contribution in [0.4, 0.5) is 0 Å². The van der Waals surface area contributed by atoms with Crippen LogP contribution in [0.1, 0.15) is 5.56 Å². The van der Waals surface area contributed by atoms with E-state index in [1.165, 1.54) is 14.2 Å². The van der Waals surface area contributed by atoms with Gasteiger partial charge in [-0.05, 0) is 18.1 Å². The number of esters is 1. The van der Waals surface area contributed by atoms with Gasteiger partial charge in [-0.1, -0.05) is 0 Å². The normalized spacial score (nSPS) is 11.6. The third-order valence-corrected chi connectivity index (χ3v) is 2.13. The second-order valence-corrected chi connectivity index (χ2v) is 3.20. The average molecular weight is 223 g/mol. The molecule has 0 aromatic carbocycles. The summed E-state index contributed by atoms with van der Waals surface area (Å²) in [4.78, 5) is 25.8. The molecule has 0 N–H and O–H groups in total. The predicted molar refractivity (Wildman–Crippen MR) is 56.1 cm³/mol. The number of nitrogens with zero attached hydrogens (tertiary/aromatic N) is 1. The molecule has 0 radical (unpaired) electrons. The monoisotopic (exact) mass is 223 g/mol. The largest absolute Gasteiger partial charge is 0.495 e. The number of pyridine rings is 1. The fraction of sp³-hybridized carbons (Fsp3) is 0.364. The maximum absolute atomic E-state index is 11.2. The zero-order chi connectivity index (χ0) is 12.0. The van der Waals surface area contributed by atoms with Gasteiger partial charge in [0.05, 0.1) is 20.4 Å². The number of hydrogen-bond donors (Lipinski definition) is 0. The first kappa shape index (κ1) is 12.2. The first-order valence-electron chi connectivity index (χ1n) is 4.72. The Morgan fingerprint density at radius 2 is 2.25 bits per heavy atom. The average Bonchev–Trinajstić information content (AvgIpc) is 2.35. The highest BCUT2D eigenvalue weighted by atomic mass is 16.5. The zero-order valence-electron chi connectivity index (χ0n) is 9.17. The number of aromatic nitrogens is 1. The van der Waals surface area contributed by atoms with Crippen molar-refractivity contribution in [2.24, 2.45) is 5.92 Å². The van der Waals surface area contributed by atoms with Crippen LogP contribution in [-0.4, -0.2) is 31.5 Å². The molecule has 0 aliphatic heterocycles. The second-order valence-electron chi connectivity index (χ2n) is 3.20. The molecule has 86 valence electrons. The second kappa shape index (κ2) is 5.85. The van der Waals surface area contributed by atoms with Gasteiger partial charge in [0, 0.05) is 6.20 Å². The summed E-state index contributed by atoms with van der Waals surface area (Å²) < 4.78 is 9.50. The minimum absolute atomic E-state index is 0.264. The number of carbonyl (C=O) groups excluding carboxylic acids is 2. The number of hydrogen-bond acceptors (Lipinski definition) is 5. The van der Waals surface area contributed by atoms with Gasteiger partial charge < -0.3 is 14.3 Å². The topological polar surface area (TPSA) is 65.5 Å². The highest BCUT2D eigenvalue weighted by Crippen LogP contribution is 2.14. The lowest BCUT2D eigenvalue weighted by Gasteiger charge is -2.08. The molecule has 1 aromatic rings. The molecule has 0 saturated carbocycles. The molecule has 0 bridgehead atoms. The van der Waals surface area contributed by atoms with Crippen molar-refractivity contribution in [2.45, 2.75) is 6.42 Å². The lowest BCUT2D eigenvalue weighted by Crippen LogP contribution is -2.20. The van der Waals surface area contributed by atoms with Crippen LogP contribution in [0.2, 0.25) is 0 Å². The van der Waals surface area contributed by atoms with E-state index < -0.39 is 11.9 Å². The van der Waals surface area contributed by atoms with Crippen LogP contribution in [0.15, 0.2) is 18.5 Å². The van der Waals surface area contributed by atoms with Crippen molar-refractivity contribution in [1.82, 2.24) is 4.98 Å². The Morgan fingerprint density at radius 1 is 1.50 bits per heavy atom. The third kappa shape index (κ3) is 3.05. The Morgan fingerprint density at radius 3 is 2.81 bits per heavy atom. The molecule has 5 heteroatoms. The number of methoxy groups -OCH3 is 2. The standard InChI is InChI=1S/C11H13NO4/c1-15-10-4-8(5-12-6-10)3-9(7-13)11(14)16-2/h4-7,9H,3H2,1-2H3. The van der Waals surface area contributed by atoms with Crippen molar-refractivity contribution in [1.29, 1.82) is 0 Å². The molecule has 5 nitrogen and oxygen atoms in total. The van der Waals surface area contributed by atoms with Gasteiger partial charge in [0.1, 0.15) is 18.0 Å². The molecule has 0 aliphatic carbocycles. The minimum Gasteiger partial charge on any atom is -0.495 e. The number of carbonyl (C=O) groups is 2. The summed E-state index contributed by atoms with van der Waals surface area (Å²) in [6.07, 6.45) is 3.98. The van der Waals surface area contributed by atoms with Crippen LogP contribution in [0.5, 0.6) is 5.75 Å². The summed E-state index contributed by atoms with van der Waals surface area (Å²) >= 11 is 0. The van der Waals surface area contributed by atoms with E-state index in [-0.39, 0.29) is 6.42 Å². The zero-order valence-corrected chi connectivity index (χ0v) is 9.17. The van der Waals surface area contributed by atoms with Crippen molar-refractivity contribution < 1.29 is 19.1 Å². The molecular weight excluding hydrogens is 210 g/mol. The van der Waals surface area contributed by atoms with Crippen LogP contribution in [0.25, 0.3) is 0 Å². The Kier molecular flexibility index (Phi) is 4.44. The first-order valence-corrected chi connectivity index (χ1v) is 4.72. The van der Waals surface area contributed by atoms with Gasteiger partial charge in [-0.3, -0.25) is 9.78 Å². The molecule has 16 heavy (non-hydrogen) atoms. The minimum atomic E-state index is -0.793. The lowest BCUT2D eigenvalue weighted by atomic mass is 10.0. The van der Waals surface area contributed by atoms with Crippen molar-refractivity contribution in [3.8, 4) is 5.75 Å². The van der Waals surface area contributed by atoms with Gasteiger partial charge in [-0.2, -0.15) is 0 Å². The van der Waals surface area contributed by atoms with Crippen LogP contribution in [-0.2, 0) is 20.7 Å². The molecule has 0 aliphatic rings. The Bertz CT molecular complexity index is 378. The van der Waals surface area contributed by atoms with Crippen molar-refractivity contribution in [3.05, 3.63) is 24.0 Å². The summed E-state index contributed by atoms with van der Waals surface area (Å²) in [6.45, 7) is 0. The summed E-state index contributed by atoms with van der Waals surface area (Å²) in [5.74, 6) is -0.747. The van der Waals surface area contributed by atoms with Crippen molar-refractivity contribution in [2.75, 3.05) is 14.2 Å². The number of ether oxygens (including phenoxy) is 2. The van der Waals surface area contributed by atoms with E-state index in [1.54, 1.807) is 18.5 Å². The molecule has 0 amide bonds. The molecule has 1 atom stereocenters. The highest BCUT2D eigenvalue weighted by Gasteiger charge is 2.18.